The number of nitrogens with two attached hydrogens (primary N) is 1. The fourth-order valence-corrected chi connectivity index (χ4v) is 6.44. The Bertz CT molecular complexity index is 1630. The van der Waals surface area contributed by atoms with E-state index in [1.165, 1.54) is 20.4 Å². The van der Waals surface area contributed by atoms with E-state index in [1.54, 1.807) is 0 Å². The highest BCUT2D eigenvalue weighted by atomic mass is 127. The van der Waals surface area contributed by atoms with Crippen molar-refractivity contribution in [3.05, 3.63) is 120 Å². The molecule has 4 aromatic rings. The number of rotatable bonds is 10. The summed E-state index contributed by atoms with van der Waals surface area (Å²) < 4.78 is 4.05. The number of aryl methyl sites for hydroxylation is 1. The van der Waals surface area contributed by atoms with E-state index in [2.05, 4.69) is 53.8 Å². The van der Waals surface area contributed by atoms with E-state index in [-0.39, 0.29) is 30.6 Å². The van der Waals surface area contributed by atoms with Crippen LogP contribution in [0.4, 0.5) is 0 Å². The van der Waals surface area contributed by atoms with Crippen molar-refractivity contribution in [3.8, 4) is 0 Å². The van der Waals surface area contributed by atoms with Gasteiger partial charge in [-0.1, -0.05) is 67.1 Å². The predicted octanol–water partition coefficient (Wildman–Crippen LogP) is 5.51. The van der Waals surface area contributed by atoms with Crippen molar-refractivity contribution in [2.24, 2.45) is 10.7 Å². The molecular formula is C31H31ClIN5O2. The Morgan fingerprint density at radius 2 is 1.90 bits per heavy atom. The number of hydrogen-bond acceptors (Lipinski definition) is 4. The number of carbonyl (C=O) groups excluding carboxylic acids is 1. The summed E-state index contributed by atoms with van der Waals surface area (Å²) in [5, 5.41) is 5.36. The molecule has 1 aliphatic rings. The number of aliphatic imine (C=N–C) groups is 1. The van der Waals surface area contributed by atoms with Gasteiger partial charge in [0.15, 0.2) is 5.82 Å². The summed E-state index contributed by atoms with van der Waals surface area (Å²) >= 11 is 8.50. The fourth-order valence-electron chi connectivity index (χ4n) is 5.71. The SMILES string of the molecule is CC[C@@]1(C(=NCc2nn(Cc3cccc(I)c3)c(=O)n2CCC(N)=O)c2ccc(Cl)cc2)CCc2ccccc21. The number of carbonyl (C=O) groups is 1. The second-order valence-electron chi connectivity index (χ2n) is 10.1. The molecule has 3 aromatic carbocycles. The van der Waals surface area contributed by atoms with Gasteiger partial charge in [0.25, 0.3) is 0 Å². The van der Waals surface area contributed by atoms with Gasteiger partial charge in [-0.15, -0.1) is 0 Å². The first-order valence-corrected chi connectivity index (χ1v) is 14.8. The van der Waals surface area contributed by atoms with Crippen molar-refractivity contribution in [3.63, 3.8) is 0 Å². The van der Waals surface area contributed by atoms with Gasteiger partial charge >= 0.3 is 5.69 Å². The lowest BCUT2D eigenvalue weighted by Crippen LogP contribution is -2.34. The van der Waals surface area contributed by atoms with Crippen LogP contribution in [0.25, 0.3) is 0 Å². The number of fused-ring (bicyclic) bond motifs is 1. The van der Waals surface area contributed by atoms with E-state index in [9.17, 15) is 9.59 Å². The molecule has 1 heterocycles. The molecule has 40 heavy (non-hydrogen) atoms. The molecule has 1 aliphatic carbocycles. The van der Waals surface area contributed by atoms with Crippen LogP contribution in [0.5, 0.6) is 0 Å². The average Bonchev–Trinajstić information content (AvgIpc) is 3.46. The summed E-state index contributed by atoms with van der Waals surface area (Å²) in [4.78, 5) is 30.3. The van der Waals surface area contributed by atoms with Crippen LogP contribution < -0.4 is 11.4 Å². The maximum Gasteiger partial charge on any atom is 0.346 e. The minimum absolute atomic E-state index is 0.0435. The lowest BCUT2D eigenvalue weighted by Gasteiger charge is -2.32. The number of halogens is 2. The quantitative estimate of drug-likeness (QED) is 0.179. The minimum Gasteiger partial charge on any atom is -0.370 e. The third-order valence-corrected chi connectivity index (χ3v) is 8.63. The van der Waals surface area contributed by atoms with E-state index < -0.39 is 5.91 Å². The van der Waals surface area contributed by atoms with Crippen LogP contribution >= 0.6 is 34.2 Å². The van der Waals surface area contributed by atoms with Crippen LogP contribution in [0.2, 0.25) is 5.02 Å². The third-order valence-electron chi connectivity index (χ3n) is 7.71. The highest BCUT2D eigenvalue weighted by Crippen LogP contribution is 2.44. The lowest BCUT2D eigenvalue weighted by molar-refractivity contribution is -0.118. The Kier molecular flexibility index (Phi) is 8.56. The smallest absolute Gasteiger partial charge is 0.346 e. The van der Waals surface area contributed by atoms with Crippen molar-refractivity contribution in [1.29, 1.82) is 0 Å². The van der Waals surface area contributed by atoms with Gasteiger partial charge in [0.2, 0.25) is 5.91 Å². The first kappa shape index (κ1) is 28.3. The second kappa shape index (κ2) is 12.1. The van der Waals surface area contributed by atoms with Crippen LogP contribution in [0.3, 0.4) is 0 Å². The topological polar surface area (TPSA) is 95.3 Å². The summed E-state index contributed by atoms with van der Waals surface area (Å²) in [5.41, 5.74) is 10.4. The molecular weight excluding hydrogens is 637 g/mol. The molecule has 0 fully saturated rings. The van der Waals surface area contributed by atoms with Gasteiger partial charge in [0.1, 0.15) is 0 Å². The van der Waals surface area contributed by atoms with Gasteiger partial charge in [-0.25, -0.2) is 9.48 Å². The Labute approximate surface area is 252 Å². The molecule has 2 N–H and O–H groups in total. The molecule has 0 spiro atoms. The first-order valence-electron chi connectivity index (χ1n) is 13.4. The van der Waals surface area contributed by atoms with Crippen molar-refractivity contribution < 1.29 is 4.79 Å². The maximum atomic E-state index is 13.4. The molecule has 1 atom stereocenters. The molecule has 5 rings (SSSR count). The summed E-state index contributed by atoms with van der Waals surface area (Å²) in [6, 6.07) is 24.3. The molecule has 1 aromatic heterocycles. The predicted molar refractivity (Wildman–Crippen MR) is 167 cm³/mol. The van der Waals surface area contributed by atoms with Gasteiger partial charge < -0.3 is 5.73 Å². The van der Waals surface area contributed by atoms with Crippen LogP contribution in [-0.4, -0.2) is 26.0 Å². The van der Waals surface area contributed by atoms with Gasteiger partial charge in [-0.05, 0) is 88.4 Å². The van der Waals surface area contributed by atoms with Crippen molar-refractivity contribution >= 4 is 45.8 Å². The molecule has 0 bridgehead atoms. The zero-order valence-electron chi connectivity index (χ0n) is 22.3. The molecule has 0 saturated heterocycles. The molecule has 0 radical (unpaired) electrons. The number of nitrogens with zero attached hydrogens (tertiary/aromatic N) is 4. The fraction of sp³-hybridized carbons (Fsp3) is 0.290. The highest BCUT2D eigenvalue weighted by Gasteiger charge is 2.42. The number of hydrogen-bond donors (Lipinski definition) is 1. The molecule has 9 heteroatoms. The molecule has 0 aliphatic heterocycles. The number of aromatic nitrogens is 3. The Balaban J connectivity index is 1.59. The van der Waals surface area contributed by atoms with E-state index in [1.807, 2.05) is 48.5 Å². The van der Waals surface area contributed by atoms with E-state index in [0.29, 0.717) is 17.4 Å². The lowest BCUT2D eigenvalue weighted by atomic mass is 9.72. The Hall–Kier alpha value is -3.24. The normalized spacial score (nSPS) is 16.7. The van der Waals surface area contributed by atoms with Gasteiger partial charge in [-0.3, -0.25) is 14.4 Å². The van der Waals surface area contributed by atoms with E-state index in [4.69, 9.17) is 27.4 Å². The molecule has 1 amide bonds. The minimum atomic E-state index is -0.471. The average molecular weight is 668 g/mol. The van der Waals surface area contributed by atoms with Gasteiger partial charge in [-0.2, -0.15) is 5.10 Å². The monoisotopic (exact) mass is 667 g/mol. The number of benzene rings is 3. The summed E-state index contributed by atoms with van der Waals surface area (Å²) in [7, 11) is 0. The maximum absolute atomic E-state index is 13.4. The van der Waals surface area contributed by atoms with E-state index in [0.717, 1.165) is 39.7 Å². The van der Waals surface area contributed by atoms with Crippen LogP contribution in [-0.2, 0) is 36.3 Å². The van der Waals surface area contributed by atoms with Crippen molar-refractivity contribution in [1.82, 2.24) is 14.3 Å². The van der Waals surface area contributed by atoms with Crippen LogP contribution in [0.1, 0.15) is 54.3 Å². The van der Waals surface area contributed by atoms with Gasteiger partial charge in [0, 0.05) is 27.0 Å². The molecule has 0 unspecified atom stereocenters. The van der Waals surface area contributed by atoms with Crippen LogP contribution in [0.15, 0.2) is 82.6 Å². The first-order chi connectivity index (χ1) is 19.3. The Morgan fingerprint density at radius 3 is 2.62 bits per heavy atom. The number of amides is 1. The van der Waals surface area contributed by atoms with Crippen LogP contribution in [0, 0.1) is 3.57 Å². The third kappa shape index (κ3) is 5.78. The molecule has 0 saturated carbocycles. The second-order valence-corrected chi connectivity index (χ2v) is 11.8. The largest absolute Gasteiger partial charge is 0.370 e. The molecule has 7 nitrogen and oxygen atoms in total. The summed E-state index contributed by atoms with van der Waals surface area (Å²) in [6.45, 7) is 2.87. The molecule has 206 valence electrons. The summed E-state index contributed by atoms with van der Waals surface area (Å²) in [5.74, 6) is 0.0296. The summed E-state index contributed by atoms with van der Waals surface area (Å²) in [6.07, 6.45) is 2.84. The highest BCUT2D eigenvalue weighted by molar-refractivity contribution is 14.1. The van der Waals surface area contributed by atoms with Crippen molar-refractivity contribution in [2.75, 3.05) is 0 Å². The zero-order chi connectivity index (χ0) is 28.3. The Morgan fingerprint density at radius 1 is 1.12 bits per heavy atom. The van der Waals surface area contributed by atoms with E-state index >= 15 is 0 Å². The van der Waals surface area contributed by atoms with Crippen molar-refractivity contribution in [2.45, 2.75) is 57.7 Å². The zero-order valence-corrected chi connectivity index (χ0v) is 25.2. The van der Waals surface area contributed by atoms with Gasteiger partial charge in [0.05, 0.1) is 18.8 Å². The number of primary amides is 1. The standard InChI is InChI=1S/C31H31ClIN5O2/c1-2-31(16-14-22-7-3-4-9-26(22)31)29(23-10-12-24(32)13-11-23)35-19-28-36-38(20-21-6-5-8-25(33)18-21)30(40)37(28)17-15-27(34)39/h3-13,18H,2,14-17,19-20H2,1H3,(H2,34,39)/t31-/m1/s1.